The third-order valence-corrected chi connectivity index (χ3v) is 3.03. The Morgan fingerprint density at radius 3 is 2.90 bits per heavy atom. The second-order valence-electron chi connectivity index (χ2n) is 4.88. The van der Waals surface area contributed by atoms with Gasteiger partial charge in [-0.15, -0.1) is 0 Å². The van der Waals surface area contributed by atoms with Crippen molar-refractivity contribution in [2.75, 3.05) is 13.1 Å². The Morgan fingerprint density at radius 1 is 1.40 bits per heavy atom. The number of nitrogens with one attached hydrogen (secondary N) is 2. The van der Waals surface area contributed by atoms with Crippen molar-refractivity contribution in [1.29, 1.82) is 0 Å². The summed E-state index contributed by atoms with van der Waals surface area (Å²) in [5.74, 6) is 0.718. The Kier molecular flexibility index (Phi) is 5.29. The summed E-state index contributed by atoms with van der Waals surface area (Å²) >= 11 is 0. The molecule has 4 nitrogen and oxygen atoms in total. The Bertz CT molecular complexity index is 451. The first-order chi connectivity index (χ1) is 9.63. The van der Waals surface area contributed by atoms with E-state index in [0.717, 1.165) is 18.0 Å². The number of halogens is 2. The number of amides is 1. The van der Waals surface area contributed by atoms with Crippen LogP contribution in [0.2, 0.25) is 0 Å². The number of hydrogen-bond acceptors (Lipinski definition) is 3. The standard InChI is InChI=1S/C14H18F2N2O2/c15-14(16)20-12-3-1-2-11(6-12)8-18-13(19)9-17-7-10-4-5-10/h1-3,6,10,14,17H,4-5,7-9H2,(H,18,19). The van der Waals surface area contributed by atoms with E-state index >= 15 is 0 Å². The fraction of sp³-hybridized carbons (Fsp3) is 0.500. The van der Waals surface area contributed by atoms with Gasteiger partial charge in [-0.2, -0.15) is 8.78 Å². The topological polar surface area (TPSA) is 50.4 Å². The van der Waals surface area contributed by atoms with Crippen molar-refractivity contribution in [3.63, 3.8) is 0 Å². The lowest BCUT2D eigenvalue weighted by atomic mass is 10.2. The van der Waals surface area contributed by atoms with Gasteiger partial charge in [0.15, 0.2) is 0 Å². The fourth-order valence-electron chi connectivity index (χ4n) is 1.81. The number of carbonyl (C=O) groups is 1. The highest BCUT2D eigenvalue weighted by atomic mass is 19.3. The van der Waals surface area contributed by atoms with Crippen LogP contribution in [0.15, 0.2) is 24.3 Å². The molecule has 2 rings (SSSR count). The molecule has 1 saturated carbocycles. The summed E-state index contributed by atoms with van der Waals surface area (Å²) in [4.78, 5) is 11.6. The molecule has 0 atom stereocenters. The Morgan fingerprint density at radius 2 is 2.20 bits per heavy atom. The molecular weight excluding hydrogens is 266 g/mol. The minimum Gasteiger partial charge on any atom is -0.435 e. The van der Waals surface area contributed by atoms with Crippen LogP contribution in [0.4, 0.5) is 8.78 Å². The summed E-state index contributed by atoms with van der Waals surface area (Å²) in [5, 5.41) is 5.81. The highest BCUT2D eigenvalue weighted by Crippen LogP contribution is 2.27. The third-order valence-electron chi connectivity index (χ3n) is 3.03. The number of benzene rings is 1. The van der Waals surface area contributed by atoms with Crippen molar-refractivity contribution < 1.29 is 18.3 Å². The van der Waals surface area contributed by atoms with Gasteiger partial charge in [-0.1, -0.05) is 12.1 Å². The molecule has 1 aliphatic rings. The van der Waals surface area contributed by atoms with Crippen LogP contribution in [0.1, 0.15) is 18.4 Å². The van der Waals surface area contributed by atoms with E-state index in [1.807, 2.05) is 0 Å². The number of rotatable bonds is 8. The van der Waals surface area contributed by atoms with E-state index in [9.17, 15) is 13.6 Å². The van der Waals surface area contributed by atoms with Gasteiger partial charge in [0, 0.05) is 6.54 Å². The lowest BCUT2D eigenvalue weighted by Crippen LogP contribution is -2.34. The molecule has 0 aromatic heterocycles. The van der Waals surface area contributed by atoms with Gasteiger partial charge in [0.1, 0.15) is 5.75 Å². The molecule has 2 N–H and O–H groups in total. The minimum atomic E-state index is -2.84. The first-order valence-corrected chi connectivity index (χ1v) is 6.64. The molecular formula is C14H18F2N2O2. The predicted molar refractivity (Wildman–Crippen MR) is 70.5 cm³/mol. The molecule has 0 spiro atoms. The lowest BCUT2D eigenvalue weighted by Gasteiger charge is -2.08. The molecule has 0 aliphatic heterocycles. The molecule has 1 aromatic rings. The Balaban J connectivity index is 1.70. The predicted octanol–water partition coefficient (Wildman–Crippen LogP) is 1.90. The number of alkyl halides is 2. The second-order valence-corrected chi connectivity index (χ2v) is 4.88. The van der Waals surface area contributed by atoms with E-state index < -0.39 is 6.61 Å². The van der Waals surface area contributed by atoms with Crippen molar-refractivity contribution in [2.24, 2.45) is 5.92 Å². The summed E-state index contributed by atoms with van der Waals surface area (Å²) in [5.41, 5.74) is 0.721. The average molecular weight is 284 g/mol. The summed E-state index contributed by atoms with van der Waals surface area (Å²) in [6.45, 7) is -1.38. The van der Waals surface area contributed by atoms with Crippen molar-refractivity contribution in [2.45, 2.75) is 26.0 Å². The molecule has 0 radical (unpaired) electrons. The Labute approximate surface area is 116 Å². The molecule has 1 aromatic carbocycles. The molecule has 0 heterocycles. The second kappa shape index (κ2) is 7.19. The van der Waals surface area contributed by atoms with Crippen LogP contribution in [0.25, 0.3) is 0 Å². The number of hydrogen-bond donors (Lipinski definition) is 2. The third kappa shape index (κ3) is 5.52. The largest absolute Gasteiger partial charge is 0.435 e. The van der Waals surface area contributed by atoms with Gasteiger partial charge in [0.25, 0.3) is 0 Å². The Hall–Kier alpha value is -1.69. The quantitative estimate of drug-likeness (QED) is 0.766. The maximum absolute atomic E-state index is 12.1. The van der Waals surface area contributed by atoms with Crippen LogP contribution in [0.5, 0.6) is 5.75 Å². The molecule has 1 amide bonds. The van der Waals surface area contributed by atoms with Gasteiger partial charge in [-0.05, 0) is 43.0 Å². The van der Waals surface area contributed by atoms with Gasteiger partial charge < -0.3 is 15.4 Å². The van der Waals surface area contributed by atoms with Crippen molar-refractivity contribution in [1.82, 2.24) is 10.6 Å². The van der Waals surface area contributed by atoms with E-state index in [4.69, 9.17) is 0 Å². The molecule has 110 valence electrons. The van der Waals surface area contributed by atoms with E-state index in [-0.39, 0.29) is 18.2 Å². The first-order valence-electron chi connectivity index (χ1n) is 6.64. The van der Waals surface area contributed by atoms with E-state index in [2.05, 4.69) is 15.4 Å². The van der Waals surface area contributed by atoms with Crippen molar-refractivity contribution in [3.8, 4) is 5.75 Å². The summed E-state index contributed by atoms with van der Waals surface area (Å²) in [6.07, 6.45) is 2.48. The van der Waals surface area contributed by atoms with E-state index in [0.29, 0.717) is 6.54 Å². The van der Waals surface area contributed by atoms with Gasteiger partial charge in [0.05, 0.1) is 6.54 Å². The summed E-state index contributed by atoms with van der Waals surface area (Å²) in [7, 11) is 0. The van der Waals surface area contributed by atoms with Gasteiger partial charge in [0.2, 0.25) is 5.91 Å². The fourth-order valence-corrected chi connectivity index (χ4v) is 1.81. The summed E-state index contributed by atoms with van der Waals surface area (Å²) < 4.78 is 28.5. The maximum atomic E-state index is 12.1. The molecule has 1 fully saturated rings. The molecule has 1 aliphatic carbocycles. The lowest BCUT2D eigenvalue weighted by molar-refractivity contribution is -0.120. The molecule has 20 heavy (non-hydrogen) atoms. The number of ether oxygens (including phenoxy) is 1. The van der Waals surface area contributed by atoms with Crippen LogP contribution in [0.3, 0.4) is 0 Å². The smallest absolute Gasteiger partial charge is 0.387 e. The zero-order valence-electron chi connectivity index (χ0n) is 11.1. The van der Waals surface area contributed by atoms with Gasteiger partial charge >= 0.3 is 6.61 Å². The monoisotopic (exact) mass is 284 g/mol. The minimum absolute atomic E-state index is 0.0959. The first kappa shape index (κ1) is 14.7. The van der Waals surface area contributed by atoms with E-state index in [1.165, 1.54) is 25.0 Å². The van der Waals surface area contributed by atoms with Crippen LogP contribution in [-0.2, 0) is 11.3 Å². The molecule has 0 bridgehead atoms. The van der Waals surface area contributed by atoms with Crippen molar-refractivity contribution in [3.05, 3.63) is 29.8 Å². The van der Waals surface area contributed by atoms with Crippen LogP contribution >= 0.6 is 0 Å². The van der Waals surface area contributed by atoms with Gasteiger partial charge in [-0.25, -0.2) is 0 Å². The van der Waals surface area contributed by atoms with E-state index in [1.54, 1.807) is 12.1 Å². The zero-order valence-corrected chi connectivity index (χ0v) is 11.1. The molecule has 0 saturated heterocycles. The highest BCUT2D eigenvalue weighted by molar-refractivity contribution is 5.77. The van der Waals surface area contributed by atoms with Crippen molar-refractivity contribution >= 4 is 5.91 Å². The number of carbonyl (C=O) groups excluding carboxylic acids is 1. The maximum Gasteiger partial charge on any atom is 0.387 e. The normalized spacial score (nSPS) is 14.3. The molecule has 6 heteroatoms. The van der Waals surface area contributed by atoms with Crippen LogP contribution in [-0.4, -0.2) is 25.6 Å². The average Bonchev–Trinajstić information content (AvgIpc) is 3.20. The van der Waals surface area contributed by atoms with Crippen LogP contribution < -0.4 is 15.4 Å². The van der Waals surface area contributed by atoms with Gasteiger partial charge in [-0.3, -0.25) is 4.79 Å². The summed E-state index contributed by atoms with van der Waals surface area (Å²) in [6, 6.07) is 6.31. The van der Waals surface area contributed by atoms with Crippen LogP contribution in [0, 0.1) is 5.92 Å². The SMILES string of the molecule is O=C(CNCC1CC1)NCc1cccc(OC(F)F)c1. The highest BCUT2D eigenvalue weighted by Gasteiger charge is 2.20. The zero-order chi connectivity index (χ0) is 14.4. The molecule has 0 unspecified atom stereocenters.